The summed E-state index contributed by atoms with van der Waals surface area (Å²) in [6.45, 7) is 5.29. The van der Waals surface area contributed by atoms with Crippen molar-refractivity contribution in [3.63, 3.8) is 0 Å². The molecule has 1 heterocycles. The van der Waals surface area contributed by atoms with Gasteiger partial charge in [0, 0.05) is 12.1 Å². The number of halogens is 2. The number of nitrogens with one attached hydrogen (secondary N) is 2. The van der Waals surface area contributed by atoms with Crippen LogP contribution in [0.3, 0.4) is 0 Å². The Hall–Kier alpha value is -1.49. The van der Waals surface area contributed by atoms with E-state index in [0.717, 1.165) is 32.0 Å². The van der Waals surface area contributed by atoms with Crippen LogP contribution in [0.2, 0.25) is 0 Å². The van der Waals surface area contributed by atoms with E-state index in [0.29, 0.717) is 5.92 Å². The first-order valence-electron chi connectivity index (χ1n) is 6.96. The Morgan fingerprint density at radius 1 is 1.40 bits per heavy atom. The molecule has 2 unspecified atom stereocenters. The van der Waals surface area contributed by atoms with Crippen LogP contribution in [0.15, 0.2) is 12.1 Å². The summed E-state index contributed by atoms with van der Waals surface area (Å²) in [4.78, 5) is 12.1. The van der Waals surface area contributed by atoms with Gasteiger partial charge in [0.1, 0.15) is 11.6 Å². The zero-order chi connectivity index (χ0) is 14.7. The summed E-state index contributed by atoms with van der Waals surface area (Å²) in [7, 11) is 0. The second-order valence-electron chi connectivity index (χ2n) is 5.45. The standard InChI is InChI=1S/C15H20F2N2O/c1-9-6-12(14(17)7-13(9)16)15(20)19-10(2)11-4-3-5-18-8-11/h6-7,10-11,18H,3-5,8H2,1-2H3,(H,19,20). The molecule has 0 radical (unpaired) electrons. The van der Waals surface area contributed by atoms with Gasteiger partial charge in [-0.3, -0.25) is 4.79 Å². The summed E-state index contributed by atoms with van der Waals surface area (Å²) in [5.41, 5.74) is 0.169. The number of aryl methyl sites for hydroxylation is 1. The highest BCUT2D eigenvalue weighted by molar-refractivity contribution is 5.94. The van der Waals surface area contributed by atoms with Gasteiger partial charge in [0.25, 0.3) is 5.91 Å². The van der Waals surface area contributed by atoms with Gasteiger partial charge in [-0.15, -0.1) is 0 Å². The zero-order valence-corrected chi connectivity index (χ0v) is 11.8. The third kappa shape index (κ3) is 3.33. The van der Waals surface area contributed by atoms with Gasteiger partial charge in [0.2, 0.25) is 0 Å². The van der Waals surface area contributed by atoms with Crippen molar-refractivity contribution in [1.29, 1.82) is 0 Å². The van der Waals surface area contributed by atoms with Crippen LogP contribution in [0.4, 0.5) is 8.78 Å². The quantitative estimate of drug-likeness (QED) is 0.894. The fourth-order valence-corrected chi connectivity index (χ4v) is 2.54. The summed E-state index contributed by atoms with van der Waals surface area (Å²) in [6, 6.07) is 1.98. The molecule has 1 aliphatic heterocycles. The Kier molecular flexibility index (Phi) is 4.70. The molecule has 1 aliphatic rings. The van der Waals surface area contributed by atoms with E-state index in [9.17, 15) is 13.6 Å². The number of benzene rings is 1. The highest BCUT2D eigenvalue weighted by atomic mass is 19.1. The SMILES string of the molecule is Cc1cc(C(=O)NC(C)C2CCCNC2)c(F)cc1F. The minimum atomic E-state index is -0.820. The van der Waals surface area contributed by atoms with E-state index in [2.05, 4.69) is 10.6 Å². The molecular weight excluding hydrogens is 262 g/mol. The van der Waals surface area contributed by atoms with Crippen LogP contribution < -0.4 is 10.6 Å². The third-order valence-corrected chi connectivity index (χ3v) is 3.89. The van der Waals surface area contributed by atoms with Gasteiger partial charge in [-0.1, -0.05) is 0 Å². The molecule has 1 amide bonds. The van der Waals surface area contributed by atoms with Gasteiger partial charge in [-0.2, -0.15) is 0 Å². The number of carbonyl (C=O) groups is 1. The largest absolute Gasteiger partial charge is 0.349 e. The van der Waals surface area contributed by atoms with Gasteiger partial charge < -0.3 is 10.6 Å². The normalized spacial score (nSPS) is 20.5. The Balaban J connectivity index is 2.06. The first-order chi connectivity index (χ1) is 9.49. The monoisotopic (exact) mass is 282 g/mol. The minimum absolute atomic E-state index is 0.0416. The van der Waals surface area contributed by atoms with Crippen LogP contribution in [0.25, 0.3) is 0 Å². The maximum absolute atomic E-state index is 13.7. The van der Waals surface area contributed by atoms with E-state index >= 15 is 0 Å². The predicted octanol–water partition coefficient (Wildman–Crippen LogP) is 2.39. The molecule has 2 N–H and O–H groups in total. The van der Waals surface area contributed by atoms with Crippen molar-refractivity contribution in [2.24, 2.45) is 5.92 Å². The smallest absolute Gasteiger partial charge is 0.254 e. The molecule has 1 fully saturated rings. The molecule has 1 saturated heterocycles. The van der Waals surface area contributed by atoms with Crippen LogP contribution in [0.5, 0.6) is 0 Å². The first kappa shape index (κ1) is 14.9. The Labute approximate surface area is 117 Å². The molecule has 2 atom stereocenters. The lowest BCUT2D eigenvalue weighted by Crippen LogP contribution is -2.44. The number of amides is 1. The zero-order valence-electron chi connectivity index (χ0n) is 11.8. The summed E-state index contributed by atoms with van der Waals surface area (Å²) >= 11 is 0. The van der Waals surface area contributed by atoms with Crippen LogP contribution >= 0.6 is 0 Å². The molecule has 0 spiro atoms. The number of piperidine rings is 1. The van der Waals surface area contributed by atoms with Crippen LogP contribution in [0, 0.1) is 24.5 Å². The van der Waals surface area contributed by atoms with Crippen molar-refractivity contribution >= 4 is 5.91 Å². The fraction of sp³-hybridized carbons (Fsp3) is 0.533. The molecule has 0 aromatic heterocycles. The van der Waals surface area contributed by atoms with Crippen molar-refractivity contribution in [3.8, 4) is 0 Å². The van der Waals surface area contributed by atoms with E-state index in [-0.39, 0.29) is 17.2 Å². The molecular formula is C15H20F2N2O. The van der Waals surface area contributed by atoms with E-state index in [1.165, 1.54) is 13.0 Å². The summed E-state index contributed by atoms with van der Waals surface area (Å²) in [6.07, 6.45) is 2.12. The fourth-order valence-electron chi connectivity index (χ4n) is 2.54. The van der Waals surface area contributed by atoms with E-state index in [1.807, 2.05) is 6.92 Å². The number of hydrogen-bond acceptors (Lipinski definition) is 2. The second-order valence-corrected chi connectivity index (χ2v) is 5.45. The van der Waals surface area contributed by atoms with E-state index in [4.69, 9.17) is 0 Å². The van der Waals surface area contributed by atoms with Crippen molar-refractivity contribution < 1.29 is 13.6 Å². The molecule has 3 nitrogen and oxygen atoms in total. The van der Waals surface area contributed by atoms with Crippen LogP contribution in [-0.4, -0.2) is 25.0 Å². The lowest BCUT2D eigenvalue weighted by atomic mass is 9.92. The summed E-state index contributed by atoms with van der Waals surface area (Å²) in [5.74, 6) is -1.59. The summed E-state index contributed by atoms with van der Waals surface area (Å²) in [5, 5.41) is 6.09. The molecule has 0 saturated carbocycles. The van der Waals surface area contributed by atoms with Gasteiger partial charge in [-0.05, 0) is 57.3 Å². The van der Waals surface area contributed by atoms with Crippen molar-refractivity contribution in [1.82, 2.24) is 10.6 Å². The summed E-state index contributed by atoms with van der Waals surface area (Å²) < 4.78 is 26.9. The molecule has 110 valence electrons. The first-order valence-corrected chi connectivity index (χ1v) is 6.96. The molecule has 5 heteroatoms. The molecule has 2 rings (SSSR count). The van der Waals surface area contributed by atoms with Crippen molar-refractivity contribution in [2.45, 2.75) is 32.7 Å². The minimum Gasteiger partial charge on any atom is -0.349 e. The maximum atomic E-state index is 13.7. The third-order valence-electron chi connectivity index (χ3n) is 3.89. The predicted molar refractivity (Wildman–Crippen MR) is 73.6 cm³/mol. The van der Waals surface area contributed by atoms with Crippen molar-refractivity contribution in [2.75, 3.05) is 13.1 Å². The van der Waals surface area contributed by atoms with E-state index in [1.54, 1.807) is 0 Å². The topological polar surface area (TPSA) is 41.1 Å². The van der Waals surface area contributed by atoms with Gasteiger partial charge in [0.15, 0.2) is 0 Å². The van der Waals surface area contributed by atoms with Crippen LogP contribution in [-0.2, 0) is 0 Å². The highest BCUT2D eigenvalue weighted by Gasteiger charge is 2.23. The average molecular weight is 282 g/mol. The Morgan fingerprint density at radius 3 is 2.80 bits per heavy atom. The van der Waals surface area contributed by atoms with Crippen molar-refractivity contribution in [3.05, 3.63) is 34.9 Å². The maximum Gasteiger partial charge on any atom is 0.254 e. The Bertz CT molecular complexity index is 499. The van der Waals surface area contributed by atoms with E-state index < -0.39 is 17.5 Å². The Morgan fingerprint density at radius 2 is 2.15 bits per heavy atom. The van der Waals surface area contributed by atoms with Crippen LogP contribution in [0.1, 0.15) is 35.7 Å². The lowest BCUT2D eigenvalue weighted by molar-refractivity contribution is 0.0917. The molecule has 0 bridgehead atoms. The number of hydrogen-bond donors (Lipinski definition) is 2. The molecule has 20 heavy (non-hydrogen) atoms. The second kappa shape index (κ2) is 6.31. The average Bonchev–Trinajstić information content (AvgIpc) is 2.43. The molecule has 0 aliphatic carbocycles. The number of rotatable bonds is 3. The number of carbonyl (C=O) groups excluding carboxylic acids is 1. The van der Waals surface area contributed by atoms with Gasteiger partial charge in [0.05, 0.1) is 5.56 Å². The highest BCUT2D eigenvalue weighted by Crippen LogP contribution is 2.17. The molecule has 1 aromatic carbocycles. The lowest BCUT2D eigenvalue weighted by Gasteiger charge is -2.29. The van der Waals surface area contributed by atoms with Gasteiger partial charge >= 0.3 is 0 Å². The molecule has 1 aromatic rings. The van der Waals surface area contributed by atoms with Gasteiger partial charge in [-0.25, -0.2) is 8.78 Å².